The van der Waals surface area contributed by atoms with Gasteiger partial charge in [-0.2, -0.15) is 0 Å². The number of hydrogen-bond donors (Lipinski definition) is 1. The molecule has 19 heavy (non-hydrogen) atoms. The molecule has 2 rings (SSSR count). The van der Waals surface area contributed by atoms with Gasteiger partial charge in [0.1, 0.15) is 5.82 Å². The molecule has 1 aromatic heterocycles. The van der Waals surface area contributed by atoms with Crippen LogP contribution in [0.2, 0.25) is 0 Å². The third-order valence-corrected chi connectivity index (χ3v) is 4.59. The number of amides is 1. The van der Waals surface area contributed by atoms with E-state index in [4.69, 9.17) is 0 Å². The monoisotopic (exact) mass is 283 g/mol. The largest absolute Gasteiger partial charge is 0.310 e. The van der Waals surface area contributed by atoms with Crippen molar-refractivity contribution in [2.75, 3.05) is 36.5 Å². The molecule has 0 radical (unpaired) electrons. The van der Waals surface area contributed by atoms with E-state index in [-0.39, 0.29) is 24.0 Å². The van der Waals surface area contributed by atoms with E-state index in [0.29, 0.717) is 18.9 Å². The molecule has 0 aliphatic carbocycles. The van der Waals surface area contributed by atoms with Gasteiger partial charge in [0.05, 0.1) is 18.1 Å². The molecule has 2 heterocycles. The van der Waals surface area contributed by atoms with E-state index in [2.05, 4.69) is 10.3 Å². The number of carbonyl (C=O) groups excluding carboxylic acids is 1. The fraction of sp³-hybridized carbons (Fsp3) is 0.500. The lowest BCUT2D eigenvalue weighted by Crippen LogP contribution is -2.43. The zero-order valence-electron chi connectivity index (χ0n) is 10.8. The number of hydrogen-bond acceptors (Lipinski definition) is 5. The zero-order chi connectivity index (χ0) is 13.9. The molecule has 0 saturated carbocycles. The third-order valence-electron chi connectivity index (χ3n) is 2.98. The van der Waals surface area contributed by atoms with Crippen molar-refractivity contribution < 1.29 is 13.2 Å². The number of sulfone groups is 1. The Kier molecular flexibility index (Phi) is 4.16. The summed E-state index contributed by atoms with van der Waals surface area (Å²) in [5.74, 6) is 0.599. The fourth-order valence-electron chi connectivity index (χ4n) is 1.84. The SMILES string of the molecule is Cc1ccc(NC(=O)CN2CCS(=O)(=O)CC2)nc1. The van der Waals surface area contributed by atoms with E-state index < -0.39 is 9.84 Å². The predicted molar refractivity (Wildman–Crippen MR) is 72.7 cm³/mol. The molecule has 104 valence electrons. The van der Waals surface area contributed by atoms with Crippen molar-refractivity contribution in [3.8, 4) is 0 Å². The van der Waals surface area contributed by atoms with Crippen molar-refractivity contribution in [3.05, 3.63) is 23.9 Å². The molecule has 0 atom stereocenters. The molecule has 0 bridgehead atoms. The molecule has 1 fully saturated rings. The van der Waals surface area contributed by atoms with Crippen molar-refractivity contribution in [2.24, 2.45) is 0 Å². The van der Waals surface area contributed by atoms with E-state index in [1.807, 2.05) is 17.9 Å². The smallest absolute Gasteiger partial charge is 0.239 e. The van der Waals surface area contributed by atoms with E-state index in [1.165, 1.54) is 0 Å². The van der Waals surface area contributed by atoms with E-state index in [1.54, 1.807) is 12.3 Å². The molecule has 7 heteroatoms. The van der Waals surface area contributed by atoms with Gasteiger partial charge in [0.25, 0.3) is 0 Å². The molecule has 1 aliphatic rings. The van der Waals surface area contributed by atoms with Crippen LogP contribution in [0.3, 0.4) is 0 Å². The summed E-state index contributed by atoms with van der Waals surface area (Å²) in [5.41, 5.74) is 1.03. The van der Waals surface area contributed by atoms with Crippen LogP contribution in [0.4, 0.5) is 5.82 Å². The van der Waals surface area contributed by atoms with Gasteiger partial charge < -0.3 is 5.32 Å². The Morgan fingerprint density at radius 2 is 2.05 bits per heavy atom. The van der Waals surface area contributed by atoms with Crippen LogP contribution in [0.1, 0.15) is 5.56 Å². The van der Waals surface area contributed by atoms with Gasteiger partial charge in [-0.1, -0.05) is 6.07 Å². The number of aromatic nitrogens is 1. The van der Waals surface area contributed by atoms with Gasteiger partial charge >= 0.3 is 0 Å². The summed E-state index contributed by atoms with van der Waals surface area (Å²) in [6.07, 6.45) is 1.68. The Hall–Kier alpha value is -1.47. The molecular formula is C12H17N3O3S. The van der Waals surface area contributed by atoms with Crippen molar-refractivity contribution in [1.82, 2.24) is 9.88 Å². The number of pyridine rings is 1. The maximum atomic E-state index is 11.8. The Bertz CT molecular complexity index is 540. The summed E-state index contributed by atoms with van der Waals surface area (Å²) in [6.45, 7) is 2.95. The van der Waals surface area contributed by atoms with Crippen LogP contribution >= 0.6 is 0 Å². The lowest BCUT2D eigenvalue weighted by atomic mass is 10.3. The first-order valence-corrected chi connectivity index (χ1v) is 7.92. The van der Waals surface area contributed by atoms with Crippen molar-refractivity contribution in [2.45, 2.75) is 6.92 Å². The summed E-state index contributed by atoms with van der Waals surface area (Å²) in [6, 6.07) is 3.62. The van der Waals surface area contributed by atoms with Gasteiger partial charge in [0, 0.05) is 19.3 Å². The third kappa shape index (κ3) is 4.29. The number of carbonyl (C=O) groups is 1. The fourth-order valence-corrected chi connectivity index (χ4v) is 3.11. The first-order chi connectivity index (χ1) is 8.94. The number of aryl methyl sites for hydroxylation is 1. The maximum Gasteiger partial charge on any atom is 0.239 e. The van der Waals surface area contributed by atoms with Crippen LogP contribution in [-0.2, 0) is 14.6 Å². The highest BCUT2D eigenvalue weighted by molar-refractivity contribution is 7.91. The van der Waals surface area contributed by atoms with Gasteiger partial charge in [-0.3, -0.25) is 9.69 Å². The van der Waals surface area contributed by atoms with Crippen LogP contribution in [0.25, 0.3) is 0 Å². The normalized spacial score (nSPS) is 19.0. The Morgan fingerprint density at radius 1 is 1.37 bits per heavy atom. The first kappa shape index (κ1) is 14.0. The molecular weight excluding hydrogens is 266 g/mol. The van der Waals surface area contributed by atoms with Crippen LogP contribution in [-0.4, -0.2) is 55.3 Å². The highest BCUT2D eigenvalue weighted by atomic mass is 32.2. The van der Waals surface area contributed by atoms with E-state index >= 15 is 0 Å². The zero-order valence-corrected chi connectivity index (χ0v) is 11.6. The van der Waals surface area contributed by atoms with Crippen molar-refractivity contribution in [1.29, 1.82) is 0 Å². The molecule has 0 unspecified atom stereocenters. The highest BCUT2D eigenvalue weighted by Crippen LogP contribution is 2.06. The Balaban J connectivity index is 1.83. The minimum Gasteiger partial charge on any atom is -0.310 e. The molecule has 6 nitrogen and oxygen atoms in total. The van der Waals surface area contributed by atoms with Crippen LogP contribution in [0, 0.1) is 6.92 Å². The average molecular weight is 283 g/mol. The summed E-state index contributed by atoms with van der Waals surface area (Å²) in [7, 11) is -2.90. The molecule has 1 N–H and O–H groups in total. The van der Waals surface area contributed by atoms with Gasteiger partial charge in [-0.25, -0.2) is 13.4 Å². The summed E-state index contributed by atoms with van der Waals surface area (Å²) in [5, 5.41) is 2.70. The maximum absolute atomic E-state index is 11.8. The van der Waals surface area contributed by atoms with Crippen LogP contribution in [0.15, 0.2) is 18.3 Å². The predicted octanol–water partition coefficient (Wildman–Crippen LogP) is 0.0589. The lowest BCUT2D eigenvalue weighted by Gasteiger charge is -2.25. The highest BCUT2D eigenvalue weighted by Gasteiger charge is 2.22. The summed E-state index contributed by atoms with van der Waals surface area (Å²) in [4.78, 5) is 17.7. The number of nitrogens with one attached hydrogen (secondary N) is 1. The molecule has 1 saturated heterocycles. The second-order valence-corrected chi connectivity index (χ2v) is 7.00. The Labute approximate surface area is 112 Å². The Morgan fingerprint density at radius 3 is 2.63 bits per heavy atom. The molecule has 1 aliphatic heterocycles. The van der Waals surface area contributed by atoms with Crippen molar-refractivity contribution >= 4 is 21.6 Å². The second kappa shape index (κ2) is 5.66. The summed E-state index contributed by atoms with van der Waals surface area (Å²) >= 11 is 0. The van der Waals surface area contributed by atoms with Gasteiger partial charge in [-0.15, -0.1) is 0 Å². The van der Waals surface area contributed by atoms with E-state index in [0.717, 1.165) is 5.56 Å². The second-order valence-electron chi connectivity index (χ2n) is 4.70. The summed E-state index contributed by atoms with van der Waals surface area (Å²) < 4.78 is 22.5. The lowest BCUT2D eigenvalue weighted by molar-refractivity contribution is -0.117. The molecule has 0 spiro atoms. The van der Waals surface area contributed by atoms with Gasteiger partial charge in [0.15, 0.2) is 9.84 Å². The van der Waals surface area contributed by atoms with Gasteiger partial charge in [0.2, 0.25) is 5.91 Å². The minimum absolute atomic E-state index is 0.128. The molecule has 0 aromatic carbocycles. The van der Waals surface area contributed by atoms with Gasteiger partial charge in [-0.05, 0) is 18.6 Å². The quantitative estimate of drug-likeness (QED) is 0.848. The van der Waals surface area contributed by atoms with Crippen molar-refractivity contribution in [3.63, 3.8) is 0 Å². The standard InChI is InChI=1S/C12H17N3O3S/c1-10-2-3-11(13-8-10)14-12(16)9-15-4-6-19(17,18)7-5-15/h2-3,8H,4-7,9H2,1H3,(H,13,14,16). The number of nitrogens with zero attached hydrogens (tertiary/aromatic N) is 2. The molecule has 1 aromatic rings. The first-order valence-electron chi connectivity index (χ1n) is 6.10. The van der Waals surface area contributed by atoms with Crippen LogP contribution in [0.5, 0.6) is 0 Å². The average Bonchev–Trinajstić information content (AvgIpc) is 2.35. The minimum atomic E-state index is -2.90. The number of rotatable bonds is 3. The molecule has 1 amide bonds. The van der Waals surface area contributed by atoms with E-state index in [9.17, 15) is 13.2 Å². The number of anilines is 1. The topological polar surface area (TPSA) is 79.4 Å². The van der Waals surface area contributed by atoms with Crippen LogP contribution < -0.4 is 5.32 Å².